The fraction of sp³-hybridized carbons (Fsp3) is 0.0769. The number of amides is 1. The first kappa shape index (κ1) is 13.6. The standard InChI is InChI=1S/C13H10INO4/c1-7-9(4-5-19-7)12(16)15-11-3-2-8(14)6-10(11)13(17)18/h2-6H,1H3,(H,15,16)(H,17,18)/p-1. The summed E-state index contributed by atoms with van der Waals surface area (Å²) in [5, 5.41) is 13.6. The van der Waals surface area contributed by atoms with Gasteiger partial charge in [-0.1, -0.05) is 0 Å². The first-order valence-electron chi connectivity index (χ1n) is 5.35. The Morgan fingerprint density at radius 1 is 1.26 bits per heavy atom. The second-order valence-corrected chi connectivity index (χ2v) is 5.07. The van der Waals surface area contributed by atoms with Crippen LogP contribution in [0.3, 0.4) is 0 Å². The van der Waals surface area contributed by atoms with Crippen LogP contribution >= 0.6 is 22.6 Å². The van der Waals surface area contributed by atoms with E-state index in [0.29, 0.717) is 11.3 Å². The number of furan rings is 1. The number of carboxylic acid groups (broad SMARTS) is 1. The summed E-state index contributed by atoms with van der Waals surface area (Å²) in [5.74, 6) is -1.29. The molecule has 1 aromatic heterocycles. The number of anilines is 1. The van der Waals surface area contributed by atoms with Crippen molar-refractivity contribution >= 4 is 40.2 Å². The minimum absolute atomic E-state index is 0.0543. The molecule has 1 heterocycles. The Labute approximate surface area is 122 Å². The number of nitrogens with one attached hydrogen (secondary N) is 1. The second-order valence-electron chi connectivity index (χ2n) is 3.82. The molecular weight excluding hydrogens is 361 g/mol. The molecule has 2 aromatic rings. The number of benzene rings is 1. The van der Waals surface area contributed by atoms with Gasteiger partial charge in [-0.05, 0) is 53.8 Å². The van der Waals surface area contributed by atoms with E-state index in [1.807, 2.05) is 22.6 Å². The van der Waals surface area contributed by atoms with Crippen molar-refractivity contribution in [3.05, 3.63) is 51.0 Å². The Kier molecular flexibility index (Phi) is 3.89. The molecule has 0 spiro atoms. The molecule has 1 N–H and O–H groups in total. The summed E-state index contributed by atoms with van der Waals surface area (Å²) in [6, 6.07) is 6.19. The van der Waals surface area contributed by atoms with Crippen LogP contribution in [-0.2, 0) is 0 Å². The predicted molar refractivity (Wildman–Crippen MR) is 74.9 cm³/mol. The van der Waals surface area contributed by atoms with Gasteiger partial charge in [0.15, 0.2) is 0 Å². The molecule has 1 aromatic carbocycles. The molecule has 0 unspecified atom stereocenters. The lowest BCUT2D eigenvalue weighted by Gasteiger charge is -2.12. The largest absolute Gasteiger partial charge is 0.545 e. The minimum atomic E-state index is -1.34. The van der Waals surface area contributed by atoms with Crippen LogP contribution in [0.15, 0.2) is 34.9 Å². The molecule has 0 radical (unpaired) electrons. The van der Waals surface area contributed by atoms with Gasteiger partial charge in [0.25, 0.3) is 5.91 Å². The summed E-state index contributed by atoms with van der Waals surface area (Å²) in [6.07, 6.45) is 1.40. The van der Waals surface area contributed by atoms with Crippen LogP contribution in [0, 0.1) is 10.5 Å². The molecule has 0 bridgehead atoms. The second kappa shape index (κ2) is 5.43. The zero-order chi connectivity index (χ0) is 14.0. The Morgan fingerprint density at radius 3 is 2.58 bits per heavy atom. The van der Waals surface area contributed by atoms with E-state index in [0.717, 1.165) is 3.57 Å². The number of hydrogen-bond donors (Lipinski definition) is 1. The van der Waals surface area contributed by atoms with E-state index in [1.165, 1.54) is 24.5 Å². The molecule has 0 saturated heterocycles. The first-order chi connectivity index (χ1) is 8.99. The van der Waals surface area contributed by atoms with Crippen molar-refractivity contribution in [2.75, 3.05) is 5.32 Å². The van der Waals surface area contributed by atoms with Gasteiger partial charge in [0.2, 0.25) is 0 Å². The zero-order valence-corrected chi connectivity index (χ0v) is 12.1. The Morgan fingerprint density at radius 2 is 2.00 bits per heavy atom. The number of carbonyl (C=O) groups excluding carboxylic acids is 2. The summed E-state index contributed by atoms with van der Waals surface area (Å²) in [6.45, 7) is 1.66. The molecule has 19 heavy (non-hydrogen) atoms. The van der Waals surface area contributed by atoms with E-state index < -0.39 is 11.9 Å². The fourth-order valence-electron chi connectivity index (χ4n) is 1.60. The summed E-state index contributed by atoms with van der Waals surface area (Å²) in [4.78, 5) is 23.0. The van der Waals surface area contributed by atoms with Gasteiger partial charge in [0, 0.05) is 9.13 Å². The molecule has 0 aliphatic carbocycles. The van der Waals surface area contributed by atoms with Crippen LogP contribution in [0.5, 0.6) is 0 Å². The van der Waals surface area contributed by atoms with Crippen molar-refractivity contribution in [2.24, 2.45) is 0 Å². The third kappa shape index (κ3) is 2.95. The van der Waals surface area contributed by atoms with Crippen molar-refractivity contribution in [2.45, 2.75) is 6.92 Å². The van der Waals surface area contributed by atoms with Gasteiger partial charge in [-0.2, -0.15) is 0 Å². The maximum absolute atomic E-state index is 12.0. The van der Waals surface area contributed by atoms with E-state index in [1.54, 1.807) is 13.0 Å². The van der Waals surface area contributed by atoms with E-state index in [-0.39, 0.29) is 11.3 Å². The average molecular weight is 370 g/mol. The molecule has 0 atom stereocenters. The smallest absolute Gasteiger partial charge is 0.259 e. The van der Waals surface area contributed by atoms with Crippen LogP contribution < -0.4 is 10.4 Å². The summed E-state index contributed by atoms with van der Waals surface area (Å²) < 4.78 is 5.77. The molecule has 0 fully saturated rings. The van der Waals surface area contributed by atoms with Gasteiger partial charge in [-0.25, -0.2) is 0 Å². The maximum Gasteiger partial charge on any atom is 0.259 e. The zero-order valence-electron chi connectivity index (χ0n) is 9.90. The Hall–Kier alpha value is -1.83. The summed E-state index contributed by atoms with van der Waals surface area (Å²) >= 11 is 1.99. The van der Waals surface area contributed by atoms with Gasteiger partial charge >= 0.3 is 0 Å². The lowest BCUT2D eigenvalue weighted by atomic mass is 10.1. The van der Waals surface area contributed by atoms with Gasteiger partial charge in [0.05, 0.1) is 23.5 Å². The number of rotatable bonds is 3. The lowest BCUT2D eigenvalue weighted by Crippen LogP contribution is -2.25. The topological polar surface area (TPSA) is 82.4 Å². The number of aryl methyl sites for hydroxylation is 1. The summed E-state index contributed by atoms with van der Waals surface area (Å²) in [5.41, 5.74) is 0.510. The quantitative estimate of drug-likeness (QED) is 0.836. The van der Waals surface area contributed by atoms with Crippen molar-refractivity contribution < 1.29 is 19.1 Å². The fourth-order valence-corrected chi connectivity index (χ4v) is 2.10. The van der Waals surface area contributed by atoms with Crippen LogP contribution in [0.4, 0.5) is 5.69 Å². The number of carbonyl (C=O) groups is 2. The molecule has 6 heteroatoms. The molecular formula is C13H9INO4-. The molecule has 1 amide bonds. The highest BCUT2D eigenvalue weighted by molar-refractivity contribution is 14.1. The van der Waals surface area contributed by atoms with Gasteiger partial charge in [-0.3, -0.25) is 4.79 Å². The van der Waals surface area contributed by atoms with Crippen molar-refractivity contribution in [1.82, 2.24) is 0 Å². The predicted octanol–water partition coefficient (Wildman–Crippen LogP) is 1.81. The number of halogens is 1. The van der Waals surface area contributed by atoms with Gasteiger partial charge < -0.3 is 19.6 Å². The Bertz CT molecular complexity index is 648. The third-order valence-corrected chi connectivity index (χ3v) is 3.22. The molecule has 2 rings (SSSR count). The number of hydrogen-bond acceptors (Lipinski definition) is 4. The monoisotopic (exact) mass is 370 g/mol. The van der Waals surface area contributed by atoms with E-state index >= 15 is 0 Å². The van der Waals surface area contributed by atoms with Gasteiger partial charge in [-0.15, -0.1) is 0 Å². The van der Waals surface area contributed by atoms with Crippen molar-refractivity contribution in [1.29, 1.82) is 0 Å². The molecule has 0 aliphatic heterocycles. The Balaban J connectivity index is 2.32. The van der Waals surface area contributed by atoms with Crippen molar-refractivity contribution in [3.63, 3.8) is 0 Å². The van der Waals surface area contributed by atoms with Crippen LogP contribution in [0.2, 0.25) is 0 Å². The van der Waals surface area contributed by atoms with E-state index in [2.05, 4.69) is 5.32 Å². The number of aromatic carboxylic acids is 1. The first-order valence-corrected chi connectivity index (χ1v) is 6.43. The molecule has 5 nitrogen and oxygen atoms in total. The SMILES string of the molecule is Cc1occc1C(=O)Nc1ccc(I)cc1C(=O)[O-]. The van der Waals surface area contributed by atoms with Crippen LogP contribution in [-0.4, -0.2) is 11.9 Å². The van der Waals surface area contributed by atoms with Crippen LogP contribution in [0.1, 0.15) is 26.5 Å². The maximum atomic E-state index is 12.0. The summed E-state index contributed by atoms with van der Waals surface area (Å²) in [7, 11) is 0. The van der Waals surface area contributed by atoms with Crippen molar-refractivity contribution in [3.8, 4) is 0 Å². The minimum Gasteiger partial charge on any atom is -0.545 e. The highest BCUT2D eigenvalue weighted by Gasteiger charge is 2.13. The van der Waals surface area contributed by atoms with E-state index in [9.17, 15) is 14.7 Å². The van der Waals surface area contributed by atoms with E-state index in [4.69, 9.17) is 4.42 Å². The normalized spacial score (nSPS) is 10.2. The third-order valence-electron chi connectivity index (χ3n) is 2.55. The highest BCUT2D eigenvalue weighted by Crippen LogP contribution is 2.20. The van der Waals surface area contributed by atoms with Gasteiger partial charge in [0.1, 0.15) is 5.76 Å². The molecule has 98 valence electrons. The molecule has 0 aliphatic rings. The highest BCUT2D eigenvalue weighted by atomic mass is 127. The molecule has 0 saturated carbocycles. The lowest BCUT2D eigenvalue weighted by molar-refractivity contribution is -0.254. The number of carboxylic acids is 1. The average Bonchev–Trinajstić information content (AvgIpc) is 2.77. The van der Waals surface area contributed by atoms with Crippen LogP contribution in [0.25, 0.3) is 0 Å².